The summed E-state index contributed by atoms with van der Waals surface area (Å²) in [6, 6.07) is 5.75. The molecule has 7 heteroatoms. The first-order chi connectivity index (χ1) is 8.97. The van der Waals surface area contributed by atoms with E-state index in [4.69, 9.17) is 22.1 Å². The van der Waals surface area contributed by atoms with Crippen molar-refractivity contribution in [1.82, 2.24) is 4.98 Å². The molecule has 2 rings (SSSR count). The summed E-state index contributed by atoms with van der Waals surface area (Å²) in [7, 11) is 0. The lowest BCUT2D eigenvalue weighted by Crippen LogP contribution is -1.97. The third-order valence-corrected chi connectivity index (χ3v) is 2.61. The Morgan fingerprint density at radius 1 is 1.42 bits per heavy atom. The second-order valence-corrected chi connectivity index (χ2v) is 4.30. The van der Waals surface area contributed by atoms with Gasteiger partial charge in [-0.1, -0.05) is 11.6 Å². The van der Waals surface area contributed by atoms with Gasteiger partial charge in [-0.15, -0.1) is 0 Å². The third kappa shape index (κ3) is 2.92. The molecule has 0 bridgehead atoms. The lowest BCUT2D eigenvalue weighted by molar-refractivity contribution is -0.385. The van der Waals surface area contributed by atoms with Gasteiger partial charge in [0.25, 0.3) is 0 Å². The fraction of sp³-hybridized carbons (Fsp3) is 0.0833. The van der Waals surface area contributed by atoms with Crippen LogP contribution in [0.2, 0.25) is 5.02 Å². The van der Waals surface area contributed by atoms with Crippen molar-refractivity contribution in [1.29, 1.82) is 0 Å². The van der Waals surface area contributed by atoms with Gasteiger partial charge in [0, 0.05) is 22.7 Å². The minimum Gasteiger partial charge on any atom is -0.431 e. The highest BCUT2D eigenvalue weighted by molar-refractivity contribution is 6.30. The lowest BCUT2D eigenvalue weighted by Gasteiger charge is -2.08. The van der Waals surface area contributed by atoms with E-state index in [9.17, 15) is 10.1 Å². The molecule has 0 aliphatic heterocycles. The van der Waals surface area contributed by atoms with Gasteiger partial charge in [0.15, 0.2) is 0 Å². The number of hydrogen-bond acceptors (Lipinski definition) is 5. The van der Waals surface area contributed by atoms with E-state index in [1.54, 1.807) is 13.0 Å². The van der Waals surface area contributed by atoms with E-state index >= 15 is 0 Å². The number of nitrogen functional groups attached to an aromatic ring is 1. The fourth-order valence-electron chi connectivity index (χ4n) is 1.52. The molecule has 1 aromatic heterocycles. The standard InChI is InChI=1S/C12H10ClN3O3/c1-7-4-9(14)6-15-12(7)19-11-5-8(13)2-3-10(11)16(17)18/h2-6H,14H2,1H3. The molecule has 2 N–H and O–H groups in total. The molecule has 0 aliphatic carbocycles. The highest BCUT2D eigenvalue weighted by atomic mass is 35.5. The number of pyridine rings is 1. The number of nitro benzene ring substituents is 1. The summed E-state index contributed by atoms with van der Waals surface area (Å²) >= 11 is 5.81. The SMILES string of the molecule is Cc1cc(N)cnc1Oc1cc(Cl)ccc1[N+](=O)[O-]. The van der Waals surface area contributed by atoms with Gasteiger partial charge < -0.3 is 10.5 Å². The molecule has 6 nitrogen and oxygen atoms in total. The summed E-state index contributed by atoms with van der Waals surface area (Å²) in [5.41, 5.74) is 6.56. The highest BCUT2D eigenvalue weighted by Crippen LogP contribution is 2.34. The number of rotatable bonds is 3. The second-order valence-electron chi connectivity index (χ2n) is 3.86. The van der Waals surface area contributed by atoms with Crippen molar-refractivity contribution in [3.63, 3.8) is 0 Å². The molecule has 1 heterocycles. The van der Waals surface area contributed by atoms with Crippen LogP contribution in [-0.2, 0) is 0 Å². The first-order valence-electron chi connectivity index (χ1n) is 5.31. The van der Waals surface area contributed by atoms with Gasteiger partial charge in [0.05, 0.1) is 16.8 Å². The zero-order valence-electron chi connectivity index (χ0n) is 9.96. The topological polar surface area (TPSA) is 91.3 Å². The van der Waals surface area contributed by atoms with Crippen molar-refractivity contribution in [2.24, 2.45) is 0 Å². The Balaban J connectivity index is 2.42. The van der Waals surface area contributed by atoms with Crippen LogP contribution >= 0.6 is 11.6 Å². The number of aryl methyl sites for hydroxylation is 1. The molecule has 0 unspecified atom stereocenters. The molecular weight excluding hydrogens is 270 g/mol. The number of hydrogen-bond donors (Lipinski definition) is 1. The predicted molar refractivity (Wildman–Crippen MR) is 71.6 cm³/mol. The first-order valence-corrected chi connectivity index (χ1v) is 5.69. The van der Waals surface area contributed by atoms with E-state index in [0.717, 1.165) is 0 Å². The Labute approximate surface area is 113 Å². The molecular formula is C12H10ClN3O3. The summed E-state index contributed by atoms with van der Waals surface area (Å²) in [5, 5.41) is 11.2. The summed E-state index contributed by atoms with van der Waals surface area (Å²) in [5.74, 6) is 0.289. The number of aromatic nitrogens is 1. The van der Waals surface area contributed by atoms with Crippen LogP contribution in [0.4, 0.5) is 11.4 Å². The van der Waals surface area contributed by atoms with Gasteiger partial charge in [0.2, 0.25) is 11.6 Å². The summed E-state index contributed by atoms with van der Waals surface area (Å²) in [6.07, 6.45) is 1.42. The Kier molecular flexibility index (Phi) is 3.52. The fourth-order valence-corrected chi connectivity index (χ4v) is 1.68. The highest BCUT2D eigenvalue weighted by Gasteiger charge is 2.17. The molecule has 98 valence electrons. The monoisotopic (exact) mass is 279 g/mol. The van der Waals surface area contributed by atoms with Gasteiger partial charge in [-0.05, 0) is 19.1 Å². The van der Waals surface area contributed by atoms with Gasteiger partial charge in [-0.3, -0.25) is 10.1 Å². The molecule has 0 fully saturated rings. The van der Waals surface area contributed by atoms with Crippen molar-refractivity contribution in [2.75, 3.05) is 5.73 Å². The molecule has 0 spiro atoms. The minimum absolute atomic E-state index is 0.0397. The second kappa shape index (κ2) is 5.11. The zero-order chi connectivity index (χ0) is 14.0. The number of nitrogens with two attached hydrogens (primary N) is 1. The number of halogens is 1. The molecule has 0 aliphatic rings. The van der Waals surface area contributed by atoms with E-state index in [1.807, 2.05) is 0 Å². The molecule has 0 saturated heterocycles. The van der Waals surface area contributed by atoms with Crippen molar-refractivity contribution in [3.05, 3.63) is 51.2 Å². The minimum atomic E-state index is -0.543. The van der Waals surface area contributed by atoms with Crippen LogP contribution in [0.5, 0.6) is 11.6 Å². The van der Waals surface area contributed by atoms with Crippen molar-refractivity contribution in [2.45, 2.75) is 6.92 Å². The molecule has 1 aromatic carbocycles. The average Bonchev–Trinajstić information content (AvgIpc) is 2.32. The largest absolute Gasteiger partial charge is 0.431 e. The summed E-state index contributed by atoms with van der Waals surface area (Å²) in [6.45, 7) is 1.75. The van der Waals surface area contributed by atoms with Crippen LogP contribution in [0.3, 0.4) is 0 Å². The Hall–Kier alpha value is -2.34. The third-order valence-electron chi connectivity index (χ3n) is 2.38. The van der Waals surface area contributed by atoms with Crippen LogP contribution in [0.25, 0.3) is 0 Å². The number of benzene rings is 1. The maximum atomic E-state index is 10.9. The molecule has 0 amide bonds. The maximum absolute atomic E-state index is 10.9. The van der Waals surface area contributed by atoms with E-state index in [-0.39, 0.29) is 17.3 Å². The lowest BCUT2D eigenvalue weighted by atomic mass is 10.2. The normalized spacial score (nSPS) is 10.2. The van der Waals surface area contributed by atoms with Crippen molar-refractivity contribution < 1.29 is 9.66 Å². The summed E-state index contributed by atoms with van der Waals surface area (Å²) < 4.78 is 5.44. The van der Waals surface area contributed by atoms with Crippen LogP contribution in [0, 0.1) is 17.0 Å². The summed E-state index contributed by atoms with van der Waals surface area (Å²) in [4.78, 5) is 14.4. The number of nitro groups is 1. The van der Waals surface area contributed by atoms with Crippen molar-refractivity contribution in [3.8, 4) is 11.6 Å². The van der Waals surface area contributed by atoms with Crippen LogP contribution in [0.1, 0.15) is 5.56 Å². The van der Waals surface area contributed by atoms with E-state index in [0.29, 0.717) is 16.3 Å². The van der Waals surface area contributed by atoms with Crippen LogP contribution in [-0.4, -0.2) is 9.91 Å². The Morgan fingerprint density at radius 3 is 2.79 bits per heavy atom. The molecule has 19 heavy (non-hydrogen) atoms. The van der Waals surface area contributed by atoms with Gasteiger partial charge >= 0.3 is 5.69 Å². The number of nitrogens with zero attached hydrogens (tertiary/aromatic N) is 2. The van der Waals surface area contributed by atoms with Gasteiger partial charge in [-0.2, -0.15) is 0 Å². The maximum Gasteiger partial charge on any atom is 0.311 e. The van der Waals surface area contributed by atoms with Gasteiger partial charge in [0.1, 0.15) is 0 Å². The first kappa shape index (κ1) is 13.1. The van der Waals surface area contributed by atoms with E-state index in [1.165, 1.54) is 24.4 Å². The zero-order valence-corrected chi connectivity index (χ0v) is 10.7. The average molecular weight is 280 g/mol. The quantitative estimate of drug-likeness (QED) is 0.687. The number of anilines is 1. The Bertz CT molecular complexity index is 646. The molecule has 0 saturated carbocycles. The van der Waals surface area contributed by atoms with E-state index < -0.39 is 4.92 Å². The molecule has 2 aromatic rings. The Morgan fingerprint density at radius 2 is 2.16 bits per heavy atom. The number of ether oxygens (including phenoxy) is 1. The van der Waals surface area contributed by atoms with Crippen molar-refractivity contribution >= 4 is 23.0 Å². The molecule has 0 atom stereocenters. The van der Waals surface area contributed by atoms with Crippen LogP contribution in [0.15, 0.2) is 30.5 Å². The smallest absolute Gasteiger partial charge is 0.311 e. The van der Waals surface area contributed by atoms with Crippen LogP contribution < -0.4 is 10.5 Å². The van der Waals surface area contributed by atoms with Gasteiger partial charge in [-0.25, -0.2) is 4.98 Å². The predicted octanol–water partition coefficient (Wildman–Crippen LogP) is 3.33. The van der Waals surface area contributed by atoms with E-state index in [2.05, 4.69) is 4.98 Å². The molecule has 0 radical (unpaired) electrons.